The Morgan fingerprint density at radius 1 is 0.692 bits per heavy atom. The van der Waals surface area contributed by atoms with Crippen LogP contribution in [0.5, 0.6) is 0 Å². The van der Waals surface area contributed by atoms with Gasteiger partial charge in [0.1, 0.15) is 4.32 Å². The number of unbranched alkanes of at least 4 members (excludes halogenated alkanes) is 12. The van der Waals surface area contributed by atoms with Crippen molar-refractivity contribution < 1.29 is 0 Å². The zero-order valence-corrected chi connectivity index (χ0v) is 18.9. The Morgan fingerprint density at radius 2 is 1.19 bits per heavy atom. The minimum Gasteiger partial charge on any atom is -0.371 e. The summed E-state index contributed by atoms with van der Waals surface area (Å²) in [4.78, 5) is 0. The van der Waals surface area contributed by atoms with Crippen LogP contribution in [-0.2, 0) is 0 Å². The number of hydrogen-bond acceptors (Lipinski definition) is 2. The van der Waals surface area contributed by atoms with Crippen molar-refractivity contribution in [3.63, 3.8) is 0 Å². The van der Waals surface area contributed by atoms with Gasteiger partial charge in [-0.1, -0.05) is 89.1 Å². The van der Waals surface area contributed by atoms with E-state index in [0.29, 0.717) is 4.32 Å². The average molecular weight is 401 g/mol. The van der Waals surface area contributed by atoms with Crippen molar-refractivity contribution in [2.24, 2.45) is 0 Å². The molecule has 0 saturated heterocycles. The zero-order chi connectivity index (χ0) is 19.1. The molecule has 0 amide bonds. The molecule has 0 saturated carbocycles. The highest BCUT2D eigenvalue weighted by molar-refractivity contribution is 8.11. The molecule has 0 aliphatic heterocycles. The fourth-order valence-electron chi connectivity index (χ4n) is 3.03. The molecule has 2 N–H and O–H groups in total. The second-order valence-electron chi connectivity index (χ2n) is 7.27. The highest BCUT2D eigenvalue weighted by Crippen LogP contribution is 2.09. The zero-order valence-electron chi connectivity index (χ0n) is 17.2. The van der Waals surface area contributed by atoms with Crippen LogP contribution in [-0.4, -0.2) is 24.0 Å². The molecule has 0 aromatic heterocycles. The Bertz CT molecular complexity index is 319. The number of rotatable bonds is 20. The van der Waals surface area contributed by atoms with Gasteiger partial charge in [0.2, 0.25) is 0 Å². The van der Waals surface area contributed by atoms with Crippen LogP contribution in [0.4, 0.5) is 0 Å². The van der Waals surface area contributed by atoms with Crippen molar-refractivity contribution in [1.82, 2.24) is 10.6 Å². The molecule has 0 atom stereocenters. The fourth-order valence-corrected chi connectivity index (χ4v) is 3.25. The van der Waals surface area contributed by atoms with Crippen molar-refractivity contribution in [2.75, 3.05) is 19.6 Å². The topological polar surface area (TPSA) is 24.1 Å². The van der Waals surface area contributed by atoms with Gasteiger partial charge in [-0.3, -0.25) is 0 Å². The number of hydrogen-bond donors (Lipinski definition) is 3. The van der Waals surface area contributed by atoms with E-state index in [0.717, 1.165) is 26.1 Å². The summed E-state index contributed by atoms with van der Waals surface area (Å²) in [6.45, 7) is 5.41. The van der Waals surface area contributed by atoms with Crippen LogP contribution < -0.4 is 10.6 Å². The molecule has 0 radical (unpaired) electrons. The molecule has 0 unspecified atom stereocenters. The largest absolute Gasteiger partial charge is 0.371 e. The molecule has 0 heterocycles. The number of allylic oxidation sites excluding steroid dienone is 2. The Morgan fingerprint density at radius 3 is 1.77 bits per heavy atom. The van der Waals surface area contributed by atoms with Crippen LogP contribution in [0.3, 0.4) is 0 Å². The minimum atomic E-state index is 0.596. The monoisotopic (exact) mass is 400 g/mol. The van der Waals surface area contributed by atoms with Crippen LogP contribution in [0.1, 0.15) is 103 Å². The molecule has 4 heteroatoms. The summed E-state index contributed by atoms with van der Waals surface area (Å²) < 4.78 is 0.596. The molecule has 0 spiro atoms. The summed E-state index contributed by atoms with van der Waals surface area (Å²) in [6.07, 6.45) is 25.1. The smallest absolute Gasteiger partial charge is 0.130 e. The Hall–Kier alpha value is -0.0600. The third-order valence-corrected chi connectivity index (χ3v) is 4.97. The quantitative estimate of drug-likeness (QED) is 0.0905. The van der Waals surface area contributed by atoms with E-state index in [1.54, 1.807) is 0 Å². The molecule has 0 fully saturated rings. The van der Waals surface area contributed by atoms with E-state index >= 15 is 0 Å². The number of nitrogens with one attached hydrogen (secondary N) is 2. The molecule has 2 nitrogen and oxygen atoms in total. The first-order valence-corrected chi connectivity index (χ1v) is 12.0. The minimum absolute atomic E-state index is 0.596. The van der Waals surface area contributed by atoms with Gasteiger partial charge in [0.15, 0.2) is 0 Å². The van der Waals surface area contributed by atoms with Crippen LogP contribution in [0, 0.1) is 0 Å². The molecule has 0 aliphatic carbocycles. The maximum Gasteiger partial charge on any atom is 0.130 e. The average Bonchev–Trinajstić information content (AvgIpc) is 2.62. The molecule has 0 aromatic rings. The highest BCUT2D eigenvalue weighted by Gasteiger charge is 1.93. The standard InChI is InChI=1S/C22H44N2S2/c1-2-3-4-5-6-7-8-9-10-11-12-13-14-15-16-17-19-23-20-18-21-24-22(25)26/h9-10,23H,2-8,11-21H2,1H3,(H2,24,25,26)/b10-9-. The van der Waals surface area contributed by atoms with Crippen molar-refractivity contribution in [1.29, 1.82) is 0 Å². The summed E-state index contributed by atoms with van der Waals surface area (Å²) >= 11 is 8.89. The van der Waals surface area contributed by atoms with E-state index < -0.39 is 0 Å². The molecule has 26 heavy (non-hydrogen) atoms. The second-order valence-corrected chi connectivity index (χ2v) is 8.43. The summed E-state index contributed by atoms with van der Waals surface area (Å²) in [7, 11) is 0. The van der Waals surface area contributed by atoms with Gasteiger partial charge >= 0.3 is 0 Å². The predicted molar refractivity (Wildman–Crippen MR) is 127 cm³/mol. The normalized spacial score (nSPS) is 11.3. The molecule has 0 aliphatic rings. The summed E-state index contributed by atoms with van der Waals surface area (Å²) in [5.41, 5.74) is 0. The van der Waals surface area contributed by atoms with Gasteiger partial charge in [-0.15, -0.1) is 12.6 Å². The first kappa shape index (κ1) is 25.9. The Kier molecular flexibility index (Phi) is 22.9. The molecular formula is C22H44N2S2. The first-order valence-electron chi connectivity index (χ1n) is 11.1. The first-order chi connectivity index (χ1) is 12.8. The van der Waals surface area contributed by atoms with Gasteiger partial charge in [-0.25, -0.2) is 0 Å². The highest BCUT2D eigenvalue weighted by atomic mass is 32.1. The lowest BCUT2D eigenvalue weighted by molar-refractivity contribution is 0.559. The van der Waals surface area contributed by atoms with Crippen LogP contribution in [0.2, 0.25) is 0 Å². The number of thiocarbonyl (C=S) groups is 1. The van der Waals surface area contributed by atoms with Crippen LogP contribution in [0.15, 0.2) is 12.2 Å². The van der Waals surface area contributed by atoms with Crippen molar-refractivity contribution in [2.45, 2.75) is 103 Å². The van der Waals surface area contributed by atoms with Gasteiger partial charge in [0.05, 0.1) is 0 Å². The maximum atomic E-state index is 4.85. The SMILES string of the molecule is CCCCCCCC/C=C\CCCCCCCCNCCCNC(=S)S. The summed E-state index contributed by atoms with van der Waals surface area (Å²) in [6, 6.07) is 0. The van der Waals surface area contributed by atoms with Gasteiger partial charge in [-0.2, -0.15) is 0 Å². The van der Waals surface area contributed by atoms with Gasteiger partial charge < -0.3 is 10.6 Å². The summed E-state index contributed by atoms with van der Waals surface area (Å²) in [5, 5.41) is 6.55. The Balaban J connectivity index is 3.06. The van der Waals surface area contributed by atoms with E-state index in [2.05, 4.69) is 42.3 Å². The van der Waals surface area contributed by atoms with E-state index in [1.807, 2.05) is 0 Å². The predicted octanol–water partition coefficient (Wildman–Crippen LogP) is 6.81. The van der Waals surface area contributed by atoms with E-state index in [1.165, 1.54) is 89.9 Å². The lowest BCUT2D eigenvalue weighted by atomic mass is 10.1. The second kappa shape index (κ2) is 23.0. The van der Waals surface area contributed by atoms with Crippen molar-refractivity contribution >= 4 is 29.2 Å². The van der Waals surface area contributed by atoms with Gasteiger partial charge in [0.25, 0.3) is 0 Å². The fraction of sp³-hybridized carbons (Fsp3) is 0.864. The number of thiol groups is 1. The summed E-state index contributed by atoms with van der Waals surface area (Å²) in [5.74, 6) is 0. The molecule has 154 valence electrons. The van der Waals surface area contributed by atoms with Gasteiger partial charge in [-0.05, 0) is 51.6 Å². The van der Waals surface area contributed by atoms with E-state index in [-0.39, 0.29) is 0 Å². The molecule has 0 rings (SSSR count). The molecular weight excluding hydrogens is 356 g/mol. The molecule has 0 aromatic carbocycles. The van der Waals surface area contributed by atoms with E-state index in [9.17, 15) is 0 Å². The van der Waals surface area contributed by atoms with Crippen molar-refractivity contribution in [3.05, 3.63) is 12.2 Å². The lowest BCUT2D eigenvalue weighted by Gasteiger charge is -2.05. The molecule has 0 bridgehead atoms. The van der Waals surface area contributed by atoms with Crippen LogP contribution >= 0.6 is 24.8 Å². The van der Waals surface area contributed by atoms with Crippen molar-refractivity contribution in [3.8, 4) is 0 Å². The lowest BCUT2D eigenvalue weighted by Crippen LogP contribution is -2.23. The third-order valence-electron chi connectivity index (χ3n) is 4.67. The van der Waals surface area contributed by atoms with E-state index in [4.69, 9.17) is 12.2 Å². The van der Waals surface area contributed by atoms with Gasteiger partial charge in [0, 0.05) is 6.54 Å². The Labute approximate surface area is 174 Å². The third kappa shape index (κ3) is 23.9. The maximum absolute atomic E-state index is 4.85. The van der Waals surface area contributed by atoms with Crippen LogP contribution in [0.25, 0.3) is 0 Å².